The highest BCUT2D eigenvalue weighted by Crippen LogP contribution is 2.11. The van der Waals surface area contributed by atoms with Gasteiger partial charge in [0.2, 0.25) is 0 Å². The Morgan fingerprint density at radius 3 is 2.53 bits per heavy atom. The molecule has 0 amide bonds. The first-order chi connectivity index (χ1) is 7.83. The monoisotopic (exact) mass is 239 g/mol. The molecule has 0 N–H and O–H groups in total. The Kier molecular flexibility index (Phi) is 3.93. The molecule has 0 fully saturated rings. The summed E-state index contributed by atoms with van der Waals surface area (Å²) in [6.45, 7) is 5.39. The predicted octanol–water partition coefficient (Wildman–Crippen LogP) is 1.99. The largest absolute Gasteiger partial charge is 0.460 e. The SMILES string of the molecule is COC(=O)n1cccc1CC(=O)OC(C)(C)C. The average Bonchev–Trinajstić information content (AvgIpc) is 2.61. The molecule has 5 heteroatoms. The first-order valence-electron chi connectivity index (χ1n) is 5.30. The summed E-state index contributed by atoms with van der Waals surface area (Å²) in [4.78, 5) is 23.0. The van der Waals surface area contributed by atoms with Crippen LogP contribution in [0.25, 0.3) is 0 Å². The standard InChI is InChI=1S/C12H17NO4/c1-12(2,3)17-10(14)8-9-6-5-7-13(9)11(15)16-4/h5-7H,8H2,1-4H3. The highest BCUT2D eigenvalue weighted by atomic mass is 16.6. The van der Waals surface area contributed by atoms with Crippen LogP contribution in [0.3, 0.4) is 0 Å². The van der Waals surface area contributed by atoms with Gasteiger partial charge in [0.1, 0.15) is 5.60 Å². The van der Waals surface area contributed by atoms with Crippen LogP contribution in [-0.2, 0) is 20.7 Å². The zero-order valence-corrected chi connectivity index (χ0v) is 10.5. The van der Waals surface area contributed by atoms with Crippen LogP contribution >= 0.6 is 0 Å². The molecule has 0 aliphatic carbocycles. The summed E-state index contributed by atoms with van der Waals surface area (Å²) in [7, 11) is 1.29. The van der Waals surface area contributed by atoms with Gasteiger partial charge >= 0.3 is 12.1 Å². The third-order valence-electron chi connectivity index (χ3n) is 1.95. The van der Waals surface area contributed by atoms with E-state index in [1.807, 2.05) is 0 Å². The number of methoxy groups -OCH3 is 1. The maximum absolute atomic E-state index is 11.6. The number of nitrogens with zero attached hydrogens (tertiary/aromatic N) is 1. The second kappa shape index (κ2) is 5.03. The normalized spacial score (nSPS) is 11.1. The zero-order valence-electron chi connectivity index (χ0n) is 10.5. The maximum atomic E-state index is 11.6. The van der Waals surface area contributed by atoms with Crippen molar-refractivity contribution in [3.8, 4) is 0 Å². The molecular weight excluding hydrogens is 222 g/mol. The summed E-state index contributed by atoms with van der Waals surface area (Å²) in [6.07, 6.45) is 1.07. The smallest absolute Gasteiger partial charge is 0.417 e. The third-order valence-corrected chi connectivity index (χ3v) is 1.95. The molecule has 0 aliphatic heterocycles. The van der Waals surface area contributed by atoms with E-state index in [0.29, 0.717) is 5.69 Å². The molecule has 1 rings (SSSR count). The summed E-state index contributed by atoms with van der Waals surface area (Å²) in [5.41, 5.74) is 0.0193. The number of hydrogen-bond acceptors (Lipinski definition) is 4. The van der Waals surface area contributed by atoms with Gasteiger partial charge in [-0.15, -0.1) is 0 Å². The van der Waals surface area contributed by atoms with E-state index < -0.39 is 11.7 Å². The van der Waals surface area contributed by atoms with Crippen molar-refractivity contribution >= 4 is 12.1 Å². The summed E-state index contributed by atoms with van der Waals surface area (Å²) >= 11 is 0. The van der Waals surface area contributed by atoms with E-state index >= 15 is 0 Å². The Labute approximate surface area is 100 Å². The molecule has 0 aromatic carbocycles. The third kappa shape index (κ3) is 3.94. The number of esters is 1. The summed E-state index contributed by atoms with van der Waals surface area (Å²) in [5, 5.41) is 0. The first kappa shape index (κ1) is 13.3. The second-order valence-electron chi connectivity index (χ2n) is 4.60. The summed E-state index contributed by atoms with van der Waals surface area (Å²) in [6, 6.07) is 3.36. The lowest BCUT2D eigenvalue weighted by molar-refractivity contribution is -0.154. The van der Waals surface area contributed by atoms with Crippen LogP contribution in [0.15, 0.2) is 18.3 Å². The van der Waals surface area contributed by atoms with Crippen LogP contribution in [0.5, 0.6) is 0 Å². The molecule has 1 heterocycles. The van der Waals surface area contributed by atoms with Crippen LogP contribution in [0.4, 0.5) is 4.79 Å². The van der Waals surface area contributed by atoms with Crippen molar-refractivity contribution in [2.45, 2.75) is 32.8 Å². The van der Waals surface area contributed by atoms with Gasteiger partial charge in [-0.2, -0.15) is 0 Å². The van der Waals surface area contributed by atoms with Gasteiger partial charge in [-0.1, -0.05) is 0 Å². The van der Waals surface area contributed by atoms with E-state index in [1.54, 1.807) is 39.1 Å². The molecule has 5 nitrogen and oxygen atoms in total. The van der Waals surface area contributed by atoms with E-state index in [-0.39, 0.29) is 12.4 Å². The van der Waals surface area contributed by atoms with Gasteiger partial charge in [0, 0.05) is 11.9 Å². The lowest BCUT2D eigenvalue weighted by Gasteiger charge is -2.19. The minimum atomic E-state index is -0.528. The highest BCUT2D eigenvalue weighted by Gasteiger charge is 2.19. The maximum Gasteiger partial charge on any atom is 0.417 e. The Morgan fingerprint density at radius 2 is 2.00 bits per heavy atom. The molecule has 0 spiro atoms. The van der Waals surface area contributed by atoms with E-state index in [1.165, 1.54) is 11.7 Å². The van der Waals surface area contributed by atoms with Gasteiger partial charge in [-0.25, -0.2) is 4.79 Å². The molecule has 0 unspecified atom stereocenters. The molecule has 1 aromatic rings. The van der Waals surface area contributed by atoms with Gasteiger partial charge in [0.15, 0.2) is 0 Å². The number of ether oxygens (including phenoxy) is 2. The molecule has 0 saturated heterocycles. The quantitative estimate of drug-likeness (QED) is 0.740. The van der Waals surface area contributed by atoms with Crippen molar-refractivity contribution in [2.24, 2.45) is 0 Å². The van der Waals surface area contributed by atoms with Crippen LogP contribution in [0, 0.1) is 0 Å². The van der Waals surface area contributed by atoms with Crippen molar-refractivity contribution in [2.75, 3.05) is 7.11 Å². The van der Waals surface area contributed by atoms with Crippen LogP contribution < -0.4 is 0 Å². The predicted molar refractivity (Wildman–Crippen MR) is 61.8 cm³/mol. The molecule has 0 aliphatic rings. The van der Waals surface area contributed by atoms with E-state index in [9.17, 15) is 9.59 Å². The van der Waals surface area contributed by atoms with Gasteiger partial charge < -0.3 is 9.47 Å². The molecule has 0 saturated carbocycles. The van der Waals surface area contributed by atoms with Crippen LogP contribution in [0.2, 0.25) is 0 Å². The highest BCUT2D eigenvalue weighted by molar-refractivity contribution is 5.76. The Hall–Kier alpha value is -1.78. The fourth-order valence-corrected chi connectivity index (χ4v) is 1.36. The first-order valence-corrected chi connectivity index (χ1v) is 5.30. The molecule has 0 atom stereocenters. The van der Waals surface area contributed by atoms with Gasteiger partial charge in [0.25, 0.3) is 0 Å². The lowest BCUT2D eigenvalue weighted by atomic mass is 10.2. The van der Waals surface area contributed by atoms with Crippen molar-refractivity contribution in [1.82, 2.24) is 4.57 Å². The zero-order chi connectivity index (χ0) is 13.1. The van der Waals surface area contributed by atoms with Gasteiger partial charge in [-0.05, 0) is 32.9 Å². The summed E-state index contributed by atoms with van der Waals surface area (Å²) < 4.78 is 11.0. The van der Waals surface area contributed by atoms with Gasteiger partial charge in [0.05, 0.1) is 13.5 Å². The van der Waals surface area contributed by atoms with Gasteiger partial charge in [-0.3, -0.25) is 9.36 Å². The molecular formula is C12H17NO4. The van der Waals surface area contributed by atoms with E-state index in [2.05, 4.69) is 4.74 Å². The topological polar surface area (TPSA) is 57.5 Å². The Morgan fingerprint density at radius 1 is 1.35 bits per heavy atom. The number of carbonyl (C=O) groups is 2. The second-order valence-corrected chi connectivity index (χ2v) is 4.60. The molecule has 1 aromatic heterocycles. The summed E-state index contributed by atoms with van der Waals surface area (Å²) in [5.74, 6) is -0.374. The van der Waals surface area contributed by atoms with E-state index in [0.717, 1.165) is 0 Å². The molecule has 94 valence electrons. The number of carbonyl (C=O) groups excluding carboxylic acids is 2. The fraction of sp³-hybridized carbons (Fsp3) is 0.500. The average molecular weight is 239 g/mol. The minimum Gasteiger partial charge on any atom is -0.460 e. The van der Waals surface area contributed by atoms with E-state index in [4.69, 9.17) is 4.74 Å². The number of aromatic nitrogens is 1. The van der Waals surface area contributed by atoms with Crippen molar-refractivity contribution in [1.29, 1.82) is 0 Å². The number of hydrogen-bond donors (Lipinski definition) is 0. The van der Waals surface area contributed by atoms with Crippen molar-refractivity contribution in [3.63, 3.8) is 0 Å². The van der Waals surface area contributed by atoms with Crippen LogP contribution in [-0.4, -0.2) is 29.3 Å². The Bertz CT molecular complexity index is 414. The molecule has 0 bridgehead atoms. The Balaban J connectivity index is 2.72. The number of rotatable bonds is 2. The molecule has 17 heavy (non-hydrogen) atoms. The fourth-order valence-electron chi connectivity index (χ4n) is 1.36. The van der Waals surface area contributed by atoms with Crippen molar-refractivity contribution in [3.05, 3.63) is 24.0 Å². The lowest BCUT2D eigenvalue weighted by Crippen LogP contribution is -2.26. The molecule has 0 radical (unpaired) electrons. The van der Waals surface area contributed by atoms with Crippen molar-refractivity contribution < 1.29 is 19.1 Å². The van der Waals surface area contributed by atoms with Crippen LogP contribution in [0.1, 0.15) is 26.5 Å². The minimum absolute atomic E-state index is 0.0410.